The fourth-order valence-corrected chi connectivity index (χ4v) is 3.02. The Labute approximate surface area is 167 Å². The molecule has 1 aromatic heterocycles. The Kier molecular flexibility index (Phi) is 5.85. The predicted molar refractivity (Wildman–Crippen MR) is 98.6 cm³/mol. The van der Waals surface area contributed by atoms with Gasteiger partial charge in [0.25, 0.3) is 11.8 Å². The minimum atomic E-state index is -3.11. The summed E-state index contributed by atoms with van der Waals surface area (Å²) in [4.78, 5) is 28.7. The maximum absolute atomic E-state index is 12.7. The lowest BCUT2D eigenvalue weighted by Gasteiger charge is -2.28. The second-order valence-electron chi connectivity index (χ2n) is 5.63. The number of aromatic nitrogens is 1. The third-order valence-electron chi connectivity index (χ3n) is 3.85. The largest absolute Gasteiger partial charge is 0.474 e. The maximum Gasteiger partial charge on any atom is 0.387 e. The van der Waals surface area contributed by atoms with Gasteiger partial charge in [-0.05, 0) is 18.6 Å². The summed E-state index contributed by atoms with van der Waals surface area (Å²) < 4.78 is 35.3. The number of benzene rings is 1. The average molecular weight is 432 g/mol. The summed E-state index contributed by atoms with van der Waals surface area (Å²) in [5, 5.41) is 5.21. The van der Waals surface area contributed by atoms with E-state index in [1.54, 1.807) is 6.92 Å². The number of amides is 2. The fourth-order valence-electron chi connectivity index (χ4n) is 2.56. The van der Waals surface area contributed by atoms with E-state index < -0.39 is 24.5 Å². The fraction of sp³-hybridized carbons (Fsp3) is 0.235. The van der Waals surface area contributed by atoms with Gasteiger partial charge in [-0.15, -0.1) is 0 Å². The molecule has 28 heavy (non-hydrogen) atoms. The molecule has 11 heteroatoms. The van der Waals surface area contributed by atoms with Gasteiger partial charge < -0.3 is 20.1 Å². The molecule has 0 fully saturated rings. The summed E-state index contributed by atoms with van der Waals surface area (Å²) >= 11 is 12.0. The molecule has 0 radical (unpaired) electrons. The van der Waals surface area contributed by atoms with Crippen LogP contribution in [0.3, 0.4) is 0 Å². The van der Waals surface area contributed by atoms with Gasteiger partial charge in [0.2, 0.25) is 0 Å². The molecule has 2 N–H and O–H groups in total. The van der Waals surface area contributed by atoms with Crippen molar-refractivity contribution < 1.29 is 27.8 Å². The molecule has 2 amide bonds. The van der Waals surface area contributed by atoms with Crippen molar-refractivity contribution >= 4 is 46.4 Å². The van der Waals surface area contributed by atoms with Crippen molar-refractivity contribution in [2.24, 2.45) is 0 Å². The van der Waals surface area contributed by atoms with Crippen molar-refractivity contribution in [3.8, 4) is 11.5 Å². The van der Waals surface area contributed by atoms with Crippen LogP contribution in [-0.4, -0.2) is 29.5 Å². The summed E-state index contributed by atoms with van der Waals surface area (Å²) in [7, 11) is 0. The van der Waals surface area contributed by atoms with Gasteiger partial charge in [0, 0.05) is 12.4 Å². The van der Waals surface area contributed by atoms with E-state index in [4.69, 9.17) is 27.9 Å². The third-order valence-corrected chi connectivity index (χ3v) is 4.42. The number of ether oxygens (including phenoxy) is 2. The first-order valence-electron chi connectivity index (χ1n) is 8.01. The Balaban J connectivity index is 2.02. The SMILES string of the molecule is CC[C@H]1Oc2c(OC(F)F)ccc(C(=O)Nc3c(Cl)cncc3Cl)c2NC1=O. The molecule has 1 aliphatic heterocycles. The van der Waals surface area contributed by atoms with Gasteiger partial charge in [0.15, 0.2) is 17.6 Å². The molecule has 148 valence electrons. The molecule has 0 aliphatic carbocycles. The van der Waals surface area contributed by atoms with Crippen LogP contribution >= 0.6 is 23.2 Å². The average Bonchev–Trinajstić information content (AvgIpc) is 2.64. The van der Waals surface area contributed by atoms with Gasteiger partial charge in [-0.2, -0.15) is 8.78 Å². The summed E-state index contributed by atoms with van der Waals surface area (Å²) in [6.07, 6.45) is 1.96. The zero-order chi connectivity index (χ0) is 20.4. The minimum absolute atomic E-state index is 0.0523. The van der Waals surface area contributed by atoms with Crippen LogP contribution in [0.15, 0.2) is 24.5 Å². The summed E-state index contributed by atoms with van der Waals surface area (Å²) in [5.41, 5.74) is -0.0328. The first kappa shape index (κ1) is 20.1. The van der Waals surface area contributed by atoms with Gasteiger partial charge in [0.1, 0.15) is 5.69 Å². The van der Waals surface area contributed by atoms with Crippen molar-refractivity contribution in [1.82, 2.24) is 4.98 Å². The van der Waals surface area contributed by atoms with Crippen molar-refractivity contribution in [1.29, 1.82) is 0 Å². The molecule has 0 saturated carbocycles. The molecule has 1 aliphatic rings. The number of carbonyl (C=O) groups is 2. The van der Waals surface area contributed by atoms with Crippen LogP contribution in [0.4, 0.5) is 20.2 Å². The van der Waals surface area contributed by atoms with Crippen LogP contribution in [0.5, 0.6) is 11.5 Å². The lowest BCUT2D eigenvalue weighted by molar-refractivity contribution is -0.123. The predicted octanol–water partition coefficient (Wildman–Crippen LogP) is 4.35. The third kappa shape index (κ3) is 3.95. The number of nitrogens with one attached hydrogen (secondary N) is 2. The number of halogens is 4. The zero-order valence-corrected chi connectivity index (χ0v) is 15.8. The van der Waals surface area contributed by atoms with Crippen molar-refractivity contribution in [3.63, 3.8) is 0 Å². The molecular formula is C17H13Cl2F2N3O4. The Morgan fingerprint density at radius 1 is 1.36 bits per heavy atom. The molecule has 2 heterocycles. The van der Waals surface area contributed by atoms with Gasteiger partial charge in [-0.3, -0.25) is 14.6 Å². The van der Waals surface area contributed by atoms with Crippen molar-refractivity contribution in [3.05, 3.63) is 40.1 Å². The molecule has 1 aromatic carbocycles. The molecule has 1 atom stereocenters. The molecule has 2 aromatic rings. The highest BCUT2D eigenvalue weighted by Gasteiger charge is 2.33. The minimum Gasteiger partial charge on any atom is -0.474 e. The first-order chi connectivity index (χ1) is 13.3. The van der Waals surface area contributed by atoms with Gasteiger partial charge in [0.05, 0.1) is 21.3 Å². The Bertz CT molecular complexity index is 923. The van der Waals surface area contributed by atoms with E-state index in [-0.39, 0.29) is 44.9 Å². The highest BCUT2D eigenvalue weighted by molar-refractivity contribution is 6.39. The maximum atomic E-state index is 12.7. The number of hydrogen-bond acceptors (Lipinski definition) is 5. The lowest BCUT2D eigenvalue weighted by atomic mass is 10.1. The van der Waals surface area contributed by atoms with Crippen LogP contribution in [0, 0.1) is 0 Å². The monoisotopic (exact) mass is 431 g/mol. The summed E-state index contributed by atoms with van der Waals surface area (Å²) in [6.45, 7) is -1.42. The number of fused-ring (bicyclic) bond motifs is 1. The molecule has 0 saturated heterocycles. The van der Waals surface area contributed by atoms with Crippen molar-refractivity contribution in [2.75, 3.05) is 10.6 Å². The number of rotatable bonds is 5. The van der Waals surface area contributed by atoms with Gasteiger partial charge in [-0.1, -0.05) is 30.1 Å². The van der Waals surface area contributed by atoms with Crippen LogP contribution in [0.25, 0.3) is 0 Å². The van der Waals surface area contributed by atoms with Crippen LogP contribution < -0.4 is 20.1 Å². The molecule has 3 rings (SSSR count). The standard InChI is InChI=1S/C17H13Cl2F2N3O4/c1-2-10-16(26)23-12-7(3-4-11(14(12)27-10)28-17(20)21)15(25)24-13-8(18)5-22-6-9(13)19/h3-6,10,17H,2H2,1H3,(H,23,26)(H,22,24,25)/t10-/m1/s1. The Hall–Kier alpha value is -2.65. The van der Waals surface area contributed by atoms with Crippen LogP contribution in [0.1, 0.15) is 23.7 Å². The van der Waals surface area contributed by atoms with E-state index in [0.29, 0.717) is 0 Å². The Morgan fingerprint density at radius 2 is 2.04 bits per heavy atom. The molecule has 0 unspecified atom stereocenters. The highest BCUT2D eigenvalue weighted by atomic mass is 35.5. The molecule has 7 nitrogen and oxygen atoms in total. The quantitative estimate of drug-likeness (QED) is 0.734. The van der Waals surface area contributed by atoms with E-state index >= 15 is 0 Å². The van der Waals surface area contributed by atoms with E-state index in [9.17, 15) is 18.4 Å². The second kappa shape index (κ2) is 8.15. The molecule has 0 spiro atoms. The number of nitrogens with zero attached hydrogens (tertiary/aromatic N) is 1. The van der Waals surface area contributed by atoms with Crippen LogP contribution in [0.2, 0.25) is 10.0 Å². The number of hydrogen-bond donors (Lipinski definition) is 2. The zero-order valence-electron chi connectivity index (χ0n) is 14.3. The number of alkyl halides is 2. The number of pyridine rings is 1. The van der Waals surface area contributed by atoms with E-state index in [0.717, 1.165) is 6.07 Å². The summed E-state index contributed by atoms with van der Waals surface area (Å²) in [6, 6.07) is 2.37. The van der Waals surface area contributed by atoms with Crippen LogP contribution in [-0.2, 0) is 4.79 Å². The summed E-state index contributed by atoms with van der Waals surface area (Å²) in [5.74, 6) is -1.68. The second-order valence-corrected chi connectivity index (χ2v) is 6.44. The Morgan fingerprint density at radius 3 is 2.64 bits per heavy atom. The van der Waals surface area contributed by atoms with Gasteiger partial charge >= 0.3 is 6.61 Å². The van der Waals surface area contributed by atoms with E-state index in [1.807, 2.05) is 0 Å². The number of anilines is 2. The van der Waals surface area contributed by atoms with E-state index in [2.05, 4.69) is 20.4 Å². The highest BCUT2D eigenvalue weighted by Crippen LogP contribution is 2.43. The smallest absolute Gasteiger partial charge is 0.387 e. The van der Waals surface area contributed by atoms with E-state index in [1.165, 1.54) is 18.5 Å². The lowest BCUT2D eigenvalue weighted by Crippen LogP contribution is -2.37. The normalized spacial score (nSPS) is 15.5. The molecular weight excluding hydrogens is 419 g/mol. The topological polar surface area (TPSA) is 89.6 Å². The molecule has 0 bridgehead atoms. The van der Waals surface area contributed by atoms with Crippen molar-refractivity contribution in [2.45, 2.75) is 26.1 Å². The van der Waals surface area contributed by atoms with Gasteiger partial charge in [-0.25, -0.2) is 0 Å². The first-order valence-corrected chi connectivity index (χ1v) is 8.77. The number of carbonyl (C=O) groups excluding carboxylic acids is 2.